The van der Waals surface area contributed by atoms with Gasteiger partial charge in [0.1, 0.15) is 22.7 Å². The van der Waals surface area contributed by atoms with Gasteiger partial charge in [0.2, 0.25) is 0 Å². The number of carboxylic acid groups (broad SMARTS) is 2. The van der Waals surface area contributed by atoms with Crippen molar-refractivity contribution in [1.82, 2.24) is 0 Å². The van der Waals surface area contributed by atoms with Gasteiger partial charge in [-0.15, -0.1) is 11.5 Å². The van der Waals surface area contributed by atoms with Crippen molar-refractivity contribution in [2.75, 3.05) is 0 Å². The van der Waals surface area contributed by atoms with E-state index in [1.54, 1.807) is 60.7 Å². The zero-order valence-electron chi connectivity index (χ0n) is 27.7. The first kappa shape index (κ1) is 38.0. The molecule has 4 aliphatic rings. The fourth-order valence-electron chi connectivity index (χ4n) is 6.06. The molecule has 244 valence electrons. The van der Waals surface area contributed by atoms with Crippen molar-refractivity contribution in [1.29, 1.82) is 0 Å². The summed E-state index contributed by atoms with van der Waals surface area (Å²) in [6.07, 6.45) is 0. The van der Waals surface area contributed by atoms with Gasteiger partial charge in [0, 0.05) is 45.2 Å². The number of rotatable bonds is 4. The third-order valence-electron chi connectivity index (χ3n) is 8.18. The standard InChI is InChI=1S/2C20H12O5.2Na/c2*21-11-5-7-15-17(9-11)25-18-10-12(22)6-8-16(18)19(15)13-3-1-2-4-14(13)20(23)24;;/h2*1-10,21H,(H,23,24);;/q;;2*+1/p-2. The van der Waals surface area contributed by atoms with E-state index in [0.717, 1.165) is 0 Å². The largest absolute Gasteiger partial charge is 1.00 e. The number of hydrogen-bond donors (Lipinski definition) is 2. The Morgan fingerprint density at radius 2 is 0.865 bits per heavy atom. The molecule has 0 atom stereocenters. The second-order valence-corrected chi connectivity index (χ2v) is 11.3. The molecule has 2 aliphatic heterocycles. The van der Waals surface area contributed by atoms with Crippen molar-refractivity contribution in [3.05, 3.63) is 153 Å². The molecule has 0 amide bonds. The number of fused-ring (bicyclic) bond motifs is 4. The molecule has 2 N–H and O–H groups in total. The minimum atomic E-state index is -1.06. The van der Waals surface area contributed by atoms with Crippen LogP contribution in [0.5, 0.6) is 11.5 Å². The zero-order chi connectivity index (χ0) is 35.1. The summed E-state index contributed by atoms with van der Waals surface area (Å²) in [5, 5.41) is 43.7. The Balaban J connectivity index is 0.000000194. The molecule has 0 saturated carbocycles. The Morgan fingerprint density at radius 1 is 0.481 bits per heavy atom. The molecule has 4 aromatic carbocycles. The Hall–Kier alpha value is -5.20. The summed E-state index contributed by atoms with van der Waals surface area (Å²) < 4.78 is 11.4. The summed E-state index contributed by atoms with van der Waals surface area (Å²) in [5.41, 5.74) is 3.88. The molecule has 0 saturated heterocycles. The van der Waals surface area contributed by atoms with Crippen LogP contribution in [0.3, 0.4) is 0 Å². The molecule has 0 unspecified atom stereocenters. The Bertz CT molecular complexity index is 2510. The number of carbonyl (C=O) groups is 2. The van der Waals surface area contributed by atoms with Crippen molar-refractivity contribution in [2.24, 2.45) is 0 Å². The second kappa shape index (κ2) is 15.6. The maximum atomic E-state index is 11.7. The minimum absolute atomic E-state index is 0. The van der Waals surface area contributed by atoms with Crippen LogP contribution in [0.2, 0.25) is 0 Å². The van der Waals surface area contributed by atoms with E-state index in [1.165, 1.54) is 60.7 Å². The normalized spacial score (nSPS) is 10.6. The molecule has 10 nitrogen and oxygen atoms in total. The molecular formula is C40H22Na2O10. The monoisotopic (exact) mass is 708 g/mol. The number of benzene rings is 6. The van der Waals surface area contributed by atoms with Crippen molar-refractivity contribution >= 4 is 33.9 Å². The molecule has 12 heteroatoms. The van der Waals surface area contributed by atoms with Gasteiger partial charge >= 0.3 is 71.1 Å². The van der Waals surface area contributed by atoms with E-state index < -0.39 is 11.9 Å². The predicted octanol–water partition coefficient (Wildman–Crippen LogP) is 0.681. The van der Waals surface area contributed by atoms with Crippen LogP contribution in [-0.4, -0.2) is 22.2 Å². The average Bonchev–Trinajstić information content (AvgIpc) is 3.09. The molecule has 0 radical (unpaired) electrons. The van der Waals surface area contributed by atoms with Crippen LogP contribution in [0.4, 0.5) is 0 Å². The maximum Gasteiger partial charge on any atom is 1.00 e. The summed E-state index contributed by atoms with van der Waals surface area (Å²) in [6, 6.07) is 30.6. The van der Waals surface area contributed by atoms with Crippen molar-refractivity contribution < 1.29 is 98.0 Å². The first-order valence-corrected chi connectivity index (χ1v) is 15.1. The van der Waals surface area contributed by atoms with E-state index >= 15 is 0 Å². The van der Waals surface area contributed by atoms with Gasteiger partial charge < -0.3 is 29.3 Å². The topological polar surface area (TPSA) is 181 Å². The third-order valence-corrected chi connectivity index (χ3v) is 8.18. The van der Waals surface area contributed by atoms with Crippen LogP contribution in [0.25, 0.3) is 66.8 Å². The second-order valence-electron chi connectivity index (χ2n) is 11.3. The summed E-state index contributed by atoms with van der Waals surface area (Å²) in [6.45, 7) is 0. The Labute approximate surface area is 338 Å². The minimum Gasteiger partial charge on any atom is -0.872 e. The molecule has 52 heavy (non-hydrogen) atoms. The van der Waals surface area contributed by atoms with Crippen LogP contribution in [0.15, 0.2) is 140 Å². The van der Waals surface area contributed by atoms with E-state index in [-0.39, 0.29) is 92.6 Å². The van der Waals surface area contributed by atoms with Gasteiger partial charge in [-0.2, -0.15) is 0 Å². The van der Waals surface area contributed by atoms with E-state index in [1.807, 2.05) is 0 Å². The third kappa shape index (κ3) is 7.26. The van der Waals surface area contributed by atoms with E-state index in [4.69, 9.17) is 8.83 Å². The molecule has 2 aliphatic carbocycles. The quantitative estimate of drug-likeness (QED) is 0.195. The van der Waals surface area contributed by atoms with Crippen LogP contribution in [0, 0.1) is 0 Å². The van der Waals surface area contributed by atoms with Gasteiger partial charge in [-0.25, -0.2) is 9.59 Å². The van der Waals surface area contributed by atoms with Crippen molar-refractivity contribution in [3.63, 3.8) is 0 Å². The van der Waals surface area contributed by atoms with Crippen LogP contribution < -0.4 is 80.2 Å². The first-order valence-electron chi connectivity index (χ1n) is 15.1. The van der Waals surface area contributed by atoms with Crippen molar-refractivity contribution in [2.45, 2.75) is 0 Å². The molecule has 0 aromatic heterocycles. The summed E-state index contributed by atoms with van der Waals surface area (Å²) in [5.74, 6) is -1.96. The zero-order valence-corrected chi connectivity index (χ0v) is 31.7. The molecule has 0 fully saturated rings. The van der Waals surface area contributed by atoms with E-state index in [2.05, 4.69) is 0 Å². The van der Waals surface area contributed by atoms with Gasteiger partial charge in [0.05, 0.1) is 11.1 Å². The predicted molar refractivity (Wildman–Crippen MR) is 182 cm³/mol. The fraction of sp³-hybridized carbons (Fsp3) is 0. The summed E-state index contributed by atoms with van der Waals surface area (Å²) >= 11 is 0. The summed E-state index contributed by atoms with van der Waals surface area (Å²) in [4.78, 5) is 46.7. The maximum absolute atomic E-state index is 11.7. The molecule has 8 rings (SSSR count). The molecule has 0 spiro atoms. The van der Waals surface area contributed by atoms with Gasteiger partial charge in [0.25, 0.3) is 0 Å². The number of hydrogen-bond acceptors (Lipinski definition) is 8. The van der Waals surface area contributed by atoms with E-state index in [0.29, 0.717) is 66.8 Å². The first-order chi connectivity index (χ1) is 24.1. The Kier molecular flexibility index (Phi) is 11.4. The summed E-state index contributed by atoms with van der Waals surface area (Å²) in [7, 11) is 0. The van der Waals surface area contributed by atoms with Gasteiger partial charge in [0.15, 0.2) is 10.9 Å². The van der Waals surface area contributed by atoms with E-state index in [9.17, 15) is 39.6 Å². The van der Waals surface area contributed by atoms with Gasteiger partial charge in [-0.05, 0) is 59.7 Å². The Morgan fingerprint density at radius 3 is 1.25 bits per heavy atom. The molecule has 4 aromatic rings. The van der Waals surface area contributed by atoms with Gasteiger partial charge in [-0.1, -0.05) is 60.7 Å². The number of aromatic carboxylic acids is 2. The van der Waals surface area contributed by atoms with Crippen LogP contribution in [-0.2, 0) is 0 Å². The van der Waals surface area contributed by atoms with Crippen molar-refractivity contribution in [3.8, 4) is 56.4 Å². The van der Waals surface area contributed by atoms with Gasteiger partial charge in [-0.3, -0.25) is 9.59 Å². The van der Waals surface area contributed by atoms with Crippen LogP contribution >= 0.6 is 0 Å². The average molecular weight is 709 g/mol. The fourth-order valence-corrected chi connectivity index (χ4v) is 6.06. The SMILES string of the molecule is O=C(O)c1ccccc1-c1c2ccc(=O)cc-2oc2cc([O-])ccc12.O=C(O)c1ccccc1-c1c2ccc(=O)cc-2oc2cc([O-])ccc12.[Na+].[Na+]. The molecule has 2 heterocycles. The number of carboxylic acids is 2. The smallest absolute Gasteiger partial charge is 0.872 e. The molecule has 0 bridgehead atoms. The molecular weight excluding hydrogens is 686 g/mol. The van der Waals surface area contributed by atoms with Crippen LogP contribution in [0.1, 0.15) is 20.7 Å².